The molecule has 22 heavy (non-hydrogen) atoms. The Morgan fingerprint density at radius 3 is 2.36 bits per heavy atom. The lowest BCUT2D eigenvalue weighted by Crippen LogP contribution is -2.62. The molecule has 0 saturated carbocycles. The average molecular weight is 308 g/mol. The lowest BCUT2D eigenvalue weighted by molar-refractivity contribution is 0.0687. The number of carbonyl (C=O) groups excluding carboxylic acids is 1. The molecule has 1 aromatic rings. The summed E-state index contributed by atoms with van der Waals surface area (Å²) in [5.41, 5.74) is -0.310. The van der Waals surface area contributed by atoms with Crippen molar-refractivity contribution in [2.24, 2.45) is 7.05 Å². The Labute approximate surface area is 130 Å². The molecule has 0 radical (unpaired) electrons. The smallest absolute Gasteiger partial charge is 0.339 e. The highest BCUT2D eigenvalue weighted by Crippen LogP contribution is 2.28. The molecule has 122 valence electrons. The minimum Gasteiger partial charge on any atom is -0.478 e. The third-order valence-electron chi connectivity index (χ3n) is 3.80. The fourth-order valence-corrected chi connectivity index (χ4v) is 3.49. The van der Waals surface area contributed by atoms with Gasteiger partial charge in [-0.1, -0.05) is 0 Å². The van der Waals surface area contributed by atoms with E-state index in [-0.39, 0.29) is 28.4 Å². The molecule has 0 aliphatic carbocycles. The molecule has 3 N–H and O–H groups in total. The predicted octanol–water partition coefficient (Wildman–Crippen LogP) is 1.16. The average Bonchev–Trinajstić information content (AvgIpc) is 2.67. The van der Waals surface area contributed by atoms with Crippen LogP contribution in [-0.2, 0) is 7.05 Å². The molecule has 1 fully saturated rings. The Bertz CT molecular complexity index is 588. The summed E-state index contributed by atoms with van der Waals surface area (Å²) in [6.07, 6.45) is 2.89. The van der Waals surface area contributed by atoms with E-state index in [9.17, 15) is 9.59 Å². The van der Waals surface area contributed by atoms with Crippen LogP contribution in [-0.4, -0.2) is 43.9 Å². The molecule has 0 bridgehead atoms. The Morgan fingerprint density at radius 2 is 1.86 bits per heavy atom. The van der Waals surface area contributed by atoms with Crippen LogP contribution in [0.1, 0.15) is 61.4 Å². The van der Waals surface area contributed by atoms with Crippen LogP contribution in [0, 0.1) is 0 Å². The Balaban J connectivity index is 2.17. The topological polar surface area (TPSA) is 96.2 Å². The van der Waals surface area contributed by atoms with Crippen molar-refractivity contribution >= 4 is 11.9 Å². The van der Waals surface area contributed by atoms with Crippen LogP contribution in [0.4, 0.5) is 0 Å². The van der Waals surface area contributed by atoms with E-state index >= 15 is 0 Å². The van der Waals surface area contributed by atoms with E-state index in [1.54, 1.807) is 7.05 Å². The van der Waals surface area contributed by atoms with Crippen molar-refractivity contribution in [2.75, 3.05) is 0 Å². The summed E-state index contributed by atoms with van der Waals surface area (Å²) in [4.78, 5) is 23.6. The third-order valence-corrected chi connectivity index (χ3v) is 3.80. The van der Waals surface area contributed by atoms with Crippen LogP contribution in [0.15, 0.2) is 6.20 Å². The molecule has 7 heteroatoms. The number of aryl methyl sites for hydroxylation is 1. The van der Waals surface area contributed by atoms with Crippen LogP contribution in [0.25, 0.3) is 0 Å². The second-order valence-electron chi connectivity index (χ2n) is 7.34. The van der Waals surface area contributed by atoms with E-state index < -0.39 is 11.9 Å². The zero-order valence-electron chi connectivity index (χ0n) is 13.7. The number of amides is 1. The number of nitrogens with zero attached hydrogens (tertiary/aromatic N) is 2. The second-order valence-corrected chi connectivity index (χ2v) is 7.34. The van der Waals surface area contributed by atoms with Gasteiger partial charge in [0.2, 0.25) is 0 Å². The molecule has 2 heterocycles. The largest absolute Gasteiger partial charge is 0.478 e. The number of carboxylic acid groups (broad SMARTS) is 1. The normalized spacial score (nSPS) is 20.6. The first-order valence-electron chi connectivity index (χ1n) is 7.36. The number of nitrogens with one attached hydrogen (secondary N) is 2. The molecule has 0 aromatic carbocycles. The molecule has 1 amide bonds. The zero-order chi connectivity index (χ0) is 16.7. The van der Waals surface area contributed by atoms with Gasteiger partial charge in [-0.3, -0.25) is 9.48 Å². The summed E-state index contributed by atoms with van der Waals surface area (Å²) >= 11 is 0. The van der Waals surface area contributed by atoms with Crippen LogP contribution in [0.2, 0.25) is 0 Å². The van der Waals surface area contributed by atoms with E-state index in [2.05, 4.69) is 43.4 Å². The lowest BCUT2D eigenvalue weighted by Gasteiger charge is -2.46. The number of carbonyl (C=O) groups is 2. The summed E-state index contributed by atoms with van der Waals surface area (Å²) in [5.74, 6) is -1.58. The first-order chi connectivity index (χ1) is 9.99. The monoisotopic (exact) mass is 308 g/mol. The van der Waals surface area contributed by atoms with Crippen molar-refractivity contribution in [2.45, 2.75) is 57.7 Å². The molecule has 0 spiro atoms. The Kier molecular flexibility index (Phi) is 4.04. The molecule has 0 atom stereocenters. The van der Waals surface area contributed by atoms with Crippen molar-refractivity contribution in [3.63, 3.8) is 0 Å². The minimum absolute atomic E-state index is 0.0256. The molecule has 1 aliphatic heterocycles. The molecular formula is C15H24N4O3. The van der Waals surface area contributed by atoms with Crippen molar-refractivity contribution in [1.82, 2.24) is 20.4 Å². The first kappa shape index (κ1) is 16.5. The SMILES string of the molecule is Cn1cc(C(=O)O)c(C(=O)NC2CC(C)(C)NC(C)(C)C2)n1. The van der Waals surface area contributed by atoms with Gasteiger partial charge in [-0.05, 0) is 40.5 Å². The van der Waals surface area contributed by atoms with E-state index in [1.165, 1.54) is 10.9 Å². The molecule has 2 rings (SSSR count). The molecule has 1 aromatic heterocycles. The maximum Gasteiger partial charge on any atom is 0.339 e. The van der Waals surface area contributed by atoms with Gasteiger partial charge in [-0.15, -0.1) is 0 Å². The van der Waals surface area contributed by atoms with Crippen molar-refractivity contribution < 1.29 is 14.7 Å². The maximum absolute atomic E-state index is 12.4. The molecular weight excluding hydrogens is 284 g/mol. The zero-order valence-corrected chi connectivity index (χ0v) is 13.7. The fourth-order valence-electron chi connectivity index (χ4n) is 3.49. The Hall–Kier alpha value is -1.89. The van der Waals surface area contributed by atoms with E-state index in [4.69, 9.17) is 5.11 Å². The van der Waals surface area contributed by atoms with Gasteiger partial charge in [0.1, 0.15) is 5.56 Å². The predicted molar refractivity (Wildman–Crippen MR) is 81.9 cm³/mol. The Morgan fingerprint density at radius 1 is 1.32 bits per heavy atom. The van der Waals surface area contributed by atoms with Gasteiger partial charge in [-0.2, -0.15) is 5.10 Å². The molecule has 1 aliphatic rings. The van der Waals surface area contributed by atoms with E-state index in [0.29, 0.717) is 0 Å². The van der Waals surface area contributed by atoms with Crippen LogP contribution >= 0.6 is 0 Å². The highest BCUT2D eigenvalue weighted by Gasteiger charge is 2.38. The van der Waals surface area contributed by atoms with Gasteiger partial charge in [0.05, 0.1) is 0 Å². The number of hydrogen-bond donors (Lipinski definition) is 3. The van der Waals surface area contributed by atoms with E-state index in [1.807, 2.05) is 0 Å². The second kappa shape index (κ2) is 5.39. The number of aromatic nitrogens is 2. The molecule has 0 unspecified atom stereocenters. The van der Waals surface area contributed by atoms with Gasteiger partial charge in [0, 0.05) is 30.4 Å². The van der Waals surface area contributed by atoms with Crippen LogP contribution in [0.5, 0.6) is 0 Å². The van der Waals surface area contributed by atoms with Crippen molar-refractivity contribution in [1.29, 1.82) is 0 Å². The highest BCUT2D eigenvalue weighted by atomic mass is 16.4. The highest BCUT2D eigenvalue weighted by molar-refractivity contribution is 6.03. The lowest BCUT2D eigenvalue weighted by atomic mass is 9.79. The van der Waals surface area contributed by atoms with Crippen molar-refractivity contribution in [3.8, 4) is 0 Å². The van der Waals surface area contributed by atoms with E-state index in [0.717, 1.165) is 12.8 Å². The van der Waals surface area contributed by atoms with Gasteiger partial charge < -0.3 is 15.7 Å². The number of aromatic carboxylic acids is 1. The molecule has 1 saturated heterocycles. The van der Waals surface area contributed by atoms with Crippen LogP contribution in [0.3, 0.4) is 0 Å². The maximum atomic E-state index is 12.4. The number of hydrogen-bond acceptors (Lipinski definition) is 4. The van der Waals surface area contributed by atoms with Gasteiger partial charge in [0.25, 0.3) is 5.91 Å². The van der Waals surface area contributed by atoms with Gasteiger partial charge in [-0.25, -0.2) is 4.79 Å². The van der Waals surface area contributed by atoms with Crippen molar-refractivity contribution in [3.05, 3.63) is 17.5 Å². The van der Waals surface area contributed by atoms with Crippen LogP contribution < -0.4 is 10.6 Å². The molecule has 7 nitrogen and oxygen atoms in total. The minimum atomic E-state index is -1.15. The first-order valence-corrected chi connectivity index (χ1v) is 7.36. The summed E-state index contributed by atoms with van der Waals surface area (Å²) in [5, 5.41) is 19.6. The standard InChI is InChI=1S/C15H24N4O3/c1-14(2)6-9(7-15(3,4)18-14)16-12(20)11-10(13(21)22)8-19(5)17-11/h8-9,18H,6-7H2,1-5H3,(H,16,20)(H,21,22). The summed E-state index contributed by atoms with van der Waals surface area (Å²) in [6, 6.07) is -0.0256. The summed E-state index contributed by atoms with van der Waals surface area (Å²) in [6.45, 7) is 8.38. The summed E-state index contributed by atoms with van der Waals surface area (Å²) < 4.78 is 1.34. The third kappa shape index (κ3) is 3.65. The van der Waals surface area contributed by atoms with Gasteiger partial charge in [0.15, 0.2) is 5.69 Å². The summed E-state index contributed by atoms with van der Waals surface area (Å²) in [7, 11) is 1.60. The van der Waals surface area contributed by atoms with Gasteiger partial charge >= 0.3 is 5.97 Å². The number of carboxylic acids is 1. The fraction of sp³-hybridized carbons (Fsp3) is 0.667. The quantitative estimate of drug-likeness (QED) is 0.778. The number of piperidine rings is 1. The number of rotatable bonds is 3.